The van der Waals surface area contributed by atoms with Crippen molar-refractivity contribution in [3.05, 3.63) is 94.9 Å². The third-order valence-corrected chi connectivity index (χ3v) is 4.83. The number of hydrogen-bond donors (Lipinski definition) is 0. The van der Waals surface area contributed by atoms with E-state index in [0.29, 0.717) is 29.2 Å². The van der Waals surface area contributed by atoms with E-state index in [0.717, 1.165) is 11.3 Å². The highest BCUT2D eigenvalue weighted by Gasteiger charge is 2.24. The summed E-state index contributed by atoms with van der Waals surface area (Å²) in [6.45, 7) is 2.74. The number of carbonyl (C=O) groups excluding carboxylic acids is 1. The van der Waals surface area contributed by atoms with E-state index in [-0.39, 0.29) is 24.0 Å². The molecular weight excluding hydrogens is 425 g/mol. The van der Waals surface area contributed by atoms with E-state index in [1.54, 1.807) is 60.7 Å². The van der Waals surface area contributed by atoms with Gasteiger partial charge in [0, 0.05) is 5.56 Å². The summed E-state index contributed by atoms with van der Waals surface area (Å²) in [5.41, 5.74) is 2.39. The maximum atomic E-state index is 13.1. The summed E-state index contributed by atoms with van der Waals surface area (Å²) in [6.07, 6.45) is 1.62. The highest BCUT2D eigenvalue weighted by atomic mass is 19.1. The molecule has 0 N–H and O–H groups in total. The van der Waals surface area contributed by atoms with Gasteiger partial charge in [-0.25, -0.2) is 14.2 Å². The van der Waals surface area contributed by atoms with E-state index in [9.17, 15) is 9.18 Å². The molecule has 7 heteroatoms. The van der Waals surface area contributed by atoms with Gasteiger partial charge in [-0.1, -0.05) is 18.2 Å². The molecule has 33 heavy (non-hydrogen) atoms. The standard InChI is InChI=1S/C26H22FNO5/c1-3-31-21-11-7-19(8-12-21)25-28-22(26(29)33-25)14-18-6-13-23(24(15-18)30-2)32-16-17-4-9-20(27)10-5-17/h4-15H,3,16H2,1-2H3. The molecule has 0 fully saturated rings. The molecule has 1 aliphatic rings. The Morgan fingerprint density at radius 3 is 2.42 bits per heavy atom. The molecule has 1 heterocycles. The summed E-state index contributed by atoms with van der Waals surface area (Å²) in [6, 6.07) is 18.5. The molecule has 0 unspecified atom stereocenters. The minimum atomic E-state index is -0.533. The Kier molecular flexibility index (Phi) is 6.69. The first-order chi connectivity index (χ1) is 16.1. The van der Waals surface area contributed by atoms with Crippen LogP contribution in [-0.2, 0) is 16.1 Å². The second-order valence-corrected chi connectivity index (χ2v) is 7.12. The lowest BCUT2D eigenvalue weighted by Crippen LogP contribution is -2.05. The summed E-state index contributed by atoms with van der Waals surface area (Å²) >= 11 is 0. The van der Waals surface area contributed by atoms with Gasteiger partial charge in [-0.15, -0.1) is 0 Å². The van der Waals surface area contributed by atoms with Crippen molar-refractivity contribution in [3.8, 4) is 17.2 Å². The summed E-state index contributed by atoms with van der Waals surface area (Å²) in [5, 5.41) is 0. The van der Waals surface area contributed by atoms with Crippen LogP contribution in [0.1, 0.15) is 23.6 Å². The fourth-order valence-electron chi connectivity index (χ4n) is 3.19. The molecule has 4 rings (SSSR count). The number of aliphatic imine (C=N–C) groups is 1. The van der Waals surface area contributed by atoms with Crippen LogP contribution in [0.25, 0.3) is 6.08 Å². The number of halogens is 1. The lowest BCUT2D eigenvalue weighted by Gasteiger charge is -2.11. The zero-order valence-corrected chi connectivity index (χ0v) is 18.2. The number of ether oxygens (including phenoxy) is 4. The fourth-order valence-corrected chi connectivity index (χ4v) is 3.19. The number of cyclic esters (lactones) is 1. The smallest absolute Gasteiger partial charge is 0.363 e. The van der Waals surface area contributed by atoms with Crippen LogP contribution in [0, 0.1) is 5.82 Å². The van der Waals surface area contributed by atoms with E-state index in [1.807, 2.05) is 6.92 Å². The molecule has 0 saturated heterocycles. The van der Waals surface area contributed by atoms with Crippen molar-refractivity contribution in [1.29, 1.82) is 0 Å². The molecule has 0 saturated carbocycles. The molecule has 0 atom stereocenters. The van der Waals surface area contributed by atoms with Crippen molar-refractivity contribution in [2.75, 3.05) is 13.7 Å². The average molecular weight is 447 g/mol. The lowest BCUT2D eigenvalue weighted by molar-refractivity contribution is -0.129. The molecule has 0 amide bonds. The van der Waals surface area contributed by atoms with Crippen LogP contribution in [0.4, 0.5) is 4.39 Å². The van der Waals surface area contributed by atoms with E-state index in [4.69, 9.17) is 18.9 Å². The predicted molar refractivity (Wildman–Crippen MR) is 122 cm³/mol. The van der Waals surface area contributed by atoms with Gasteiger partial charge >= 0.3 is 5.97 Å². The number of carbonyl (C=O) groups is 1. The van der Waals surface area contributed by atoms with Crippen LogP contribution in [0.5, 0.6) is 17.2 Å². The SMILES string of the molecule is CCOc1ccc(C2=NC(=Cc3ccc(OCc4ccc(F)cc4)c(OC)c3)C(=O)O2)cc1. The fraction of sp³-hybridized carbons (Fsp3) is 0.154. The largest absolute Gasteiger partial charge is 0.494 e. The van der Waals surface area contributed by atoms with Gasteiger partial charge in [-0.2, -0.15) is 0 Å². The number of benzene rings is 3. The first kappa shape index (κ1) is 22.1. The van der Waals surface area contributed by atoms with Gasteiger partial charge in [0.05, 0.1) is 13.7 Å². The van der Waals surface area contributed by atoms with Crippen LogP contribution in [0.15, 0.2) is 77.4 Å². The third-order valence-electron chi connectivity index (χ3n) is 4.83. The zero-order valence-electron chi connectivity index (χ0n) is 18.2. The van der Waals surface area contributed by atoms with E-state index < -0.39 is 5.97 Å². The molecule has 3 aromatic rings. The van der Waals surface area contributed by atoms with Crippen LogP contribution in [0.3, 0.4) is 0 Å². The molecule has 0 spiro atoms. The molecule has 168 valence electrons. The Balaban J connectivity index is 1.50. The van der Waals surface area contributed by atoms with E-state index in [2.05, 4.69) is 4.99 Å². The number of methoxy groups -OCH3 is 1. The monoisotopic (exact) mass is 447 g/mol. The Morgan fingerprint density at radius 1 is 0.970 bits per heavy atom. The van der Waals surface area contributed by atoms with Crippen molar-refractivity contribution in [2.45, 2.75) is 13.5 Å². The molecule has 0 bridgehead atoms. The molecule has 0 radical (unpaired) electrons. The van der Waals surface area contributed by atoms with E-state index >= 15 is 0 Å². The summed E-state index contributed by atoms with van der Waals surface area (Å²) in [7, 11) is 1.53. The second-order valence-electron chi connectivity index (χ2n) is 7.12. The van der Waals surface area contributed by atoms with Gasteiger partial charge in [0.1, 0.15) is 18.2 Å². The Labute approximate surface area is 190 Å². The number of esters is 1. The number of hydrogen-bond acceptors (Lipinski definition) is 6. The summed E-state index contributed by atoms with van der Waals surface area (Å²) < 4.78 is 35.0. The summed E-state index contributed by atoms with van der Waals surface area (Å²) in [4.78, 5) is 16.7. The van der Waals surface area contributed by atoms with Gasteiger partial charge in [0.2, 0.25) is 5.90 Å². The highest BCUT2D eigenvalue weighted by molar-refractivity contribution is 6.12. The minimum absolute atomic E-state index is 0.181. The Hall–Kier alpha value is -4.13. The van der Waals surface area contributed by atoms with Gasteiger partial charge in [-0.05, 0) is 72.7 Å². The first-order valence-corrected chi connectivity index (χ1v) is 10.4. The molecule has 6 nitrogen and oxygen atoms in total. The average Bonchev–Trinajstić information content (AvgIpc) is 3.20. The van der Waals surface area contributed by atoms with Crippen molar-refractivity contribution in [1.82, 2.24) is 0 Å². The van der Waals surface area contributed by atoms with Gasteiger partial charge < -0.3 is 18.9 Å². The molecule has 0 aliphatic carbocycles. The first-order valence-electron chi connectivity index (χ1n) is 10.4. The molecule has 0 aromatic heterocycles. The third kappa shape index (κ3) is 5.38. The number of nitrogens with zero attached hydrogens (tertiary/aromatic N) is 1. The Bertz CT molecular complexity index is 1200. The topological polar surface area (TPSA) is 66.3 Å². The van der Waals surface area contributed by atoms with Gasteiger partial charge in [0.25, 0.3) is 0 Å². The quantitative estimate of drug-likeness (QED) is 0.353. The molecule has 3 aromatic carbocycles. The summed E-state index contributed by atoms with van der Waals surface area (Å²) in [5.74, 6) is 1.16. The Morgan fingerprint density at radius 2 is 1.73 bits per heavy atom. The van der Waals surface area contributed by atoms with Crippen molar-refractivity contribution < 1.29 is 28.1 Å². The van der Waals surface area contributed by atoms with Gasteiger partial charge in [0.15, 0.2) is 17.2 Å². The predicted octanol–water partition coefficient (Wildman–Crippen LogP) is 5.16. The van der Waals surface area contributed by atoms with Crippen molar-refractivity contribution in [2.24, 2.45) is 4.99 Å². The normalized spacial score (nSPS) is 14.1. The lowest BCUT2D eigenvalue weighted by atomic mass is 10.1. The van der Waals surface area contributed by atoms with E-state index in [1.165, 1.54) is 19.2 Å². The van der Waals surface area contributed by atoms with Crippen LogP contribution in [-0.4, -0.2) is 25.6 Å². The maximum Gasteiger partial charge on any atom is 0.363 e. The molecule has 1 aliphatic heterocycles. The zero-order chi connectivity index (χ0) is 23.2. The number of rotatable bonds is 8. The minimum Gasteiger partial charge on any atom is -0.494 e. The van der Waals surface area contributed by atoms with Crippen molar-refractivity contribution in [3.63, 3.8) is 0 Å². The van der Waals surface area contributed by atoms with Crippen LogP contribution in [0.2, 0.25) is 0 Å². The maximum absolute atomic E-state index is 13.1. The van der Waals surface area contributed by atoms with Crippen LogP contribution >= 0.6 is 0 Å². The molecular formula is C26H22FNO5. The van der Waals surface area contributed by atoms with Crippen molar-refractivity contribution >= 4 is 17.9 Å². The highest BCUT2D eigenvalue weighted by Crippen LogP contribution is 2.30. The van der Waals surface area contributed by atoms with Gasteiger partial charge in [-0.3, -0.25) is 0 Å². The van der Waals surface area contributed by atoms with Crippen LogP contribution < -0.4 is 14.2 Å². The second kappa shape index (κ2) is 9.99.